The normalized spacial score (nSPS) is 15.8. The van der Waals surface area contributed by atoms with Gasteiger partial charge in [0.25, 0.3) is 0 Å². The number of hydrogen-bond donors (Lipinski definition) is 1. The number of nitrogens with zero attached hydrogens (tertiary/aromatic N) is 2. The van der Waals surface area contributed by atoms with Crippen LogP contribution in [-0.2, 0) is 14.4 Å². The number of imide groups is 2. The van der Waals surface area contributed by atoms with E-state index in [9.17, 15) is 19.2 Å². The highest BCUT2D eigenvalue weighted by molar-refractivity contribution is 6.45. The van der Waals surface area contributed by atoms with E-state index >= 15 is 0 Å². The van der Waals surface area contributed by atoms with Crippen molar-refractivity contribution in [1.82, 2.24) is 15.1 Å². The summed E-state index contributed by atoms with van der Waals surface area (Å²) >= 11 is 0. The summed E-state index contributed by atoms with van der Waals surface area (Å²) in [4.78, 5) is 48.6. The number of rotatable bonds is 6. The number of nitrogens with one attached hydrogen (secondary N) is 1. The number of carbonyl (C=O) groups excluding carboxylic acids is 4. The molecule has 5 amide bonds. The van der Waals surface area contributed by atoms with Crippen LogP contribution in [-0.4, -0.2) is 53.2 Å². The molecular formula is C13H21N3O4. The fourth-order valence-corrected chi connectivity index (χ4v) is 1.73. The zero-order chi connectivity index (χ0) is 15.4. The highest BCUT2D eigenvalue weighted by Crippen LogP contribution is 2.13. The molecule has 0 saturated carbocycles. The second-order valence-electron chi connectivity index (χ2n) is 5.68. The SMILES string of the molecule is CC(C)CNC(=O)CN1C(=O)C(=O)N(CC(C)C)C1=O. The zero-order valence-corrected chi connectivity index (χ0v) is 12.3. The molecule has 1 N–H and O–H groups in total. The van der Waals surface area contributed by atoms with Gasteiger partial charge in [0.2, 0.25) is 5.91 Å². The van der Waals surface area contributed by atoms with Gasteiger partial charge in [-0.1, -0.05) is 27.7 Å². The summed E-state index contributed by atoms with van der Waals surface area (Å²) in [6, 6.07) is -0.714. The van der Waals surface area contributed by atoms with Crippen molar-refractivity contribution in [3.8, 4) is 0 Å². The van der Waals surface area contributed by atoms with Crippen molar-refractivity contribution < 1.29 is 19.2 Å². The van der Waals surface area contributed by atoms with Gasteiger partial charge in [0.15, 0.2) is 0 Å². The zero-order valence-electron chi connectivity index (χ0n) is 12.3. The van der Waals surface area contributed by atoms with E-state index in [0.29, 0.717) is 11.4 Å². The Kier molecular flexibility index (Phi) is 5.24. The van der Waals surface area contributed by atoms with Crippen molar-refractivity contribution in [1.29, 1.82) is 0 Å². The monoisotopic (exact) mass is 283 g/mol. The lowest BCUT2D eigenvalue weighted by Gasteiger charge is -2.17. The molecule has 0 unspecified atom stereocenters. The van der Waals surface area contributed by atoms with E-state index in [2.05, 4.69) is 5.32 Å². The number of urea groups is 1. The first-order chi connectivity index (χ1) is 9.23. The first kappa shape index (κ1) is 16.1. The molecule has 0 aliphatic carbocycles. The summed E-state index contributed by atoms with van der Waals surface area (Å²) in [6.07, 6.45) is 0. The Morgan fingerprint density at radius 2 is 1.55 bits per heavy atom. The summed E-state index contributed by atoms with van der Waals surface area (Å²) in [5.41, 5.74) is 0. The fraction of sp³-hybridized carbons (Fsp3) is 0.692. The smallest absolute Gasteiger partial charge is 0.334 e. The minimum atomic E-state index is -0.935. The maximum atomic E-state index is 12.0. The molecule has 0 aromatic rings. The van der Waals surface area contributed by atoms with Crippen molar-refractivity contribution >= 4 is 23.8 Å². The van der Waals surface area contributed by atoms with Gasteiger partial charge in [-0.2, -0.15) is 0 Å². The van der Waals surface area contributed by atoms with Crippen LogP contribution in [0.1, 0.15) is 27.7 Å². The van der Waals surface area contributed by atoms with E-state index in [0.717, 1.165) is 4.90 Å². The van der Waals surface area contributed by atoms with Crippen LogP contribution in [0.15, 0.2) is 0 Å². The maximum absolute atomic E-state index is 12.0. The molecule has 0 aromatic heterocycles. The Hall–Kier alpha value is -1.92. The molecule has 1 aliphatic heterocycles. The maximum Gasteiger partial charge on any atom is 0.334 e. The first-order valence-electron chi connectivity index (χ1n) is 6.68. The molecule has 1 aliphatic rings. The Labute approximate surface area is 118 Å². The average molecular weight is 283 g/mol. The third-order valence-electron chi connectivity index (χ3n) is 2.69. The first-order valence-corrected chi connectivity index (χ1v) is 6.68. The predicted octanol–water partition coefficient (Wildman–Crippen LogP) is 0.205. The molecule has 0 spiro atoms. The molecule has 0 atom stereocenters. The molecule has 0 bridgehead atoms. The van der Waals surface area contributed by atoms with Crippen molar-refractivity contribution in [3.05, 3.63) is 0 Å². The van der Waals surface area contributed by atoms with Crippen molar-refractivity contribution in [3.63, 3.8) is 0 Å². The summed E-state index contributed by atoms with van der Waals surface area (Å²) < 4.78 is 0. The van der Waals surface area contributed by atoms with E-state index in [1.165, 1.54) is 0 Å². The van der Waals surface area contributed by atoms with Gasteiger partial charge >= 0.3 is 17.8 Å². The third-order valence-corrected chi connectivity index (χ3v) is 2.69. The van der Waals surface area contributed by atoms with Gasteiger partial charge in [-0.05, 0) is 11.8 Å². The van der Waals surface area contributed by atoms with Crippen molar-refractivity contribution in [2.45, 2.75) is 27.7 Å². The molecule has 1 fully saturated rings. The van der Waals surface area contributed by atoms with E-state index in [1.807, 2.05) is 27.7 Å². The predicted molar refractivity (Wildman–Crippen MR) is 71.5 cm³/mol. The van der Waals surface area contributed by atoms with Crippen LogP contribution < -0.4 is 5.32 Å². The second-order valence-corrected chi connectivity index (χ2v) is 5.68. The largest absolute Gasteiger partial charge is 0.354 e. The minimum absolute atomic E-state index is 0.0606. The average Bonchev–Trinajstić information content (AvgIpc) is 2.53. The Bertz CT molecular complexity index is 431. The quantitative estimate of drug-likeness (QED) is 0.557. The van der Waals surface area contributed by atoms with Crippen molar-refractivity contribution in [2.24, 2.45) is 11.8 Å². The van der Waals surface area contributed by atoms with Crippen LogP contribution in [0.3, 0.4) is 0 Å². The lowest BCUT2D eigenvalue weighted by atomic mass is 10.2. The number of carbonyl (C=O) groups is 4. The standard InChI is InChI=1S/C13H21N3O4/c1-8(2)5-14-10(17)7-16-12(19)11(18)15(13(16)20)6-9(3)4/h8-9H,5-7H2,1-4H3,(H,14,17). The van der Waals surface area contributed by atoms with E-state index in [4.69, 9.17) is 0 Å². The van der Waals surface area contributed by atoms with Gasteiger partial charge in [0, 0.05) is 13.1 Å². The van der Waals surface area contributed by atoms with E-state index in [1.54, 1.807) is 0 Å². The van der Waals surface area contributed by atoms with E-state index < -0.39 is 30.3 Å². The Morgan fingerprint density at radius 3 is 2.05 bits per heavy atom. The van der Waals surface area contributed by atoms with Crippen molar-refractivity contribution in [2.75, 3.05) is 19.6 Å². The second kappa shape index (κ2) is 6.49. The molecule has 1 heterocycles. The molecule has 20 heavy (non-hydrogen) atoms. The van der Waals surface area contributed by atoms with Crippen LogP contribution in [0.25, 0.3) is 0 Å². The van der Waals surface area contributed by atoms with Gasteiger partial charge in [0.1, 0.15) is 6.54 Å². The highest BCUT2D eigenvalue weighted by Gasteiger charge is 2.45. The van der Waals surface area contributed by atoms with E-state index in [-0.39, 0.29) is 18.4 Å². The molecular weight excluding hydrogens is 262 g/mol. The highest BCUT2D eigenvalue weighted by atomic mass is 16.2. The van der Waals surface area contributed by atoms with Crippen LogP contribution in [0.2, 0.25) is 0 Å². The number of hydrogen-bond acceptors (Lipinski definition) is 4. The fourth-order valence-electron chi connectivity index (χ4n) is 1.73. The molecule has 7 heteroatoms. The molecule has 7 nitrogen and oxygen atoms in total. The van der Waals surface area contributed by atoms with Gasteiger partial charge in [-0.3, -0.25) is 19.3 Å². The molecule has 0 aromatic carbocycles. The van der Waals surface area contributed by atoms with Gasteiger partial charge in [-0.25, -0.2) is 9.69 Å². The molecule has 112 valence electrons. The number of amides is 5. The molecule has 1 saturated heterocycles. The summed E-state index contributed by atoms with van der Waals surface area (Å²) in [5.74, 6) is -1.91. The minimum Gasteiger partial charge on any atom is -0.354 e. The van der Waals surface area contributed by atoms with Gasteiger partial charge < -0.3 is 5.32 Å². The lowest BCUT2D eigenvalue weighted by molar-refractivity contribution is -0.144. The van der Waals surface area contributed by atoms with Gasteiger partial charge in [-0.15, -0.1) is 0 Å². The summed E-state index contributed by atoms with van der Waals surface area (Å²) in [5, 5.41) is 2.61. The summed E-state index contributed by atoms with van der Waals surface area (Å²) in [6.45, 7) is 7.75. The molecule has 1 rings (SSSR count). The molecule has 0 radical (unpaired) electrons. The Balaban J connectivity index is 2.67. The Morgan fingerprint density at radius 1 is 1.00 bits per heavy atom. The van der Waals surface area contributed by atoms with Crippen LogP contribution in [0.4, 0.5) is 4.79 Å². The lowest BCUT2D eigenvalue weighted by Crippen LogP contribution is -2.42. The van der Waals surface area contributed by atoms with Crippen LogP contribution in [0, 0.1) is 11.8 Å². The van der Waals surface area contributed by atoms with Gasteiger partial charge in [0.05, 0.1) is 0 Å². The van der Waals surface area contributed by atoms with Crippen LogP contribution >= 0.6 is 0 Å². The topological polar surface area (TPSA) is 86.8 Å². The third kappa shape index (κ3) is 3.79. The van der Waals surface area contributed by atoms with Crippen LogP contribution in [0.5, 0.6) is 0 Å². The summed E-state index contributed by atoms with van der Waals surface area (Å²) in [7, 11) is 0.